The number of nitriles is 1. The van der Waals surface area contributed by atoms with Crippen molar-refractivity contribution >= 4 is 12.0 Å². The predicted octanol–water partition coefficient (Wildman–Crippen LogP) is 2.37. The van der Waals surface area contributed by atoms with Crippen LogP contribution in [-0.2, 0) is 9.47 Å². The molecule has 0 bridgehead atoms. The normalized spacial score (nSPS) is 18.0. The summed E-state index contributed by atoms with van der Waals surface area (Å²) in [7, 11) is 3.02. The SMILES string of the molecule is COCC1CC(NC(=O)c2nnc(-c3cc(C#N)ccc3OC)o2)CN1C(=O)OC(C)(C)C. The van der Waals surface area contributed by atoms with Gasteiger partial charge in [0.15, 0.2) is 0 Å². The van der Waals surface area contributed by atoms with Crippen LogP contribution in [0.3, 0.4) is 0 Å². The van der Waals surface area contributed by atoms with Gasteiger partial charge in [0, 0.05) is 19.7 Å². The fraction of sp³-hybridized carbons (Fsp3) is 0.500. The van der Waals surface area contributed by atoms with Crippen molar-refractivity contribution in [2.24, 2.45) is 0 Å². The molecule has 2 aromatic rings. The molecule has 3 rings (SSSR count). The van der Waals surface area contributed by atoms with Gasteiger partial charge >= 0.3 is 17.9 Å². The molecular weight excluding hydrogens is 430 g/mol. The van der Waals surface area contributed by atoms with Crippen LogP contribution >= 0.6 is 0 Å². The van der Waals surface area contributed by atoms with Gasteiger partial charge < -0.3 is 28.8 Å². The molecule has 1 saturated heterocycles. The number of amides is 2. The maximum atomic E-state index is 12.7. The molecule has 0 aliphatic carbocycles. The minimum absolute atomic E-state index is 0.0492. The minimum atomic E-state index is -0.639. The number of benzene rings is 1. The zero-order valence-electron chi connectivity index (χ0n) is 19.2. The Labute approximate surface area is 191 Å². The van der Waals surface area contributed by atoms with E-state index in [0.717, 1.165) is 0 Å². The Bertz CT molecular complexity index is 1050. The number of aromatic nitrogens is 2. The lowest BCUT2D eigenvalue weighted by molar-refractivity contribution is 0.0146. The highest BCUT2D eigenvalue weighted by Gasteiger charge is 2.38. The number of rotatable bonds is 6. The highest BCUT2D eigenvalue weighted by atomic mass is 16.6. The second kappa shape index (κ2) is 9.87. The molecule has 176 valence electrons. The van der Waals surface area contributed by atoms with Crippen LogP contribution in [0.25, 0.3) is 11.5 Å². The molecule has 2 unspecified atom stereocenters. The van der Waals surface area contributed by atoms with Crippen molar-refractivity contribution in [1.82, 2.24) is 20.4 Å². The van der Waals surface area contributed by atoms with Gasteiger partial charge in [0.05, 0.1) is 37.0 Å². The average molecular weight is 457 g/mol. The molecule has 2 amide bonds. The third-order valence-corrected chi connectivity index (χ3v) is 4.91. The van der Waals surface area contributed by atoms with Gasteiger partial charge in [-0.3, -0.25) is 4.79 Å². The predicted molar refractivity (Wildman–Crippen MR) is 115 cm³/mol. The van der Waals surface area contributed by atoms with Crippen LogP contribution < -0.4 is 10.1 Å². The summed E-state index contributed by atoms with van der Waals surface area (Å²) < 4.78 is 21.5. The summed E-state index contributed by atoms with van der Waals surface area (Å²) in [4.78, 5) is 26.9. The Morgan fingerprint density at radius 3 is 2.70 bits per heavy atom. The van der Waals surface area contributed by atoms with E-state index in [2.05, 4.69) is 15.5 Å². The fourth-order valence-corrected chi connectivity index (χ4v) is 3.53. The molecule has 1 aliphatic rings. The minimum Gasteiger partial charge on any atom is -0.496 e. The Morgan fingerprint density at radius 1 is 1.30 bits per heavy atom. The molecule has 1 aromatic carbocycles. The largest absolute Gasteiger partial charge is 0.496 e. The second-order valence-corrected chi connectivity index (χ2v) is 8.59. The van der Waals surface area contributed by atoms with Crippen LogP contribution in [0.4, 0.5) is 4.79 Å². The van der Waals surface area contributed by atoms with E-state index in [1.165, 1.54) is 7.11 Å². The molecule has 2 atom stereocenters. The molecule has 0 radical (unpaired) electrons. The number of ether oxygens (including phenoxy) is 3. The van der Waals surface area contributed by atoms with Gasteiger partial charge in [-0.05, 0) is 45.4 Å². The van der Waals surface area contributed by atoms with E-state index in [1.54, 1.807) is 51.0 Å². The van der Waals surface area contributed by atoms with Crippen molar-refractivity contribution in [3.8, 4) is 23.3 Å². The summed E-state index contributed by atoms with van der Waals surface area (Å²) in [5.41, 5.74) is 0.146. The highest BCUT2D eigenvalue weighted by Crippen LogP contribution is 2.30. The molecule has 33 heavy (non-hydrogen) atoms. The maximum Gasteiger partial charge on any atom is 0.410 e. The summed E-state index contributed by atoms with van der Waals surface area (Å²) >= 11 is 0. The van der Waals surface area contributed by atoms with Crippen LogP contribution in [0.15, 0.2) is 22.6 Å². The molecule has 11 nitrogen and oxygen atoms in total. The number of likely N-dealkylation sites (tertiary alicyclic amines) is 1. The van der Waals surface area contributed by atoms with Crippen LogP contribution in [0.5, 0.6) is 5.75 Å². The Balaban J connectivity index is 1.72. The van der Waals surface area contributed by atoms with E-state index >= 15 is 0 Å². The third-order valence-electron chi connectivity index (χ3n) is 4.91. The van der Waals surface area contributed by atoms with Gasteiger partial charge in [0.2, 0.25) is 0 Å². The number of nitrogens with zero attached hydrogens (tertiary/aromatic N) is 4. The van der Waals surface area contributed by atoms with Crippen LogP contribution in [0.1, 0.15) is 43.4 Å². The quantitative estimate of drug-likeness (QED) is 0.692. The monoisotopic (exact) mass is 457 g/mol. The molecule has 1 aromatic heterocycles. The van der Waals surface area contributed by atoms with E-state index < -0.39 is 17.6 Å². The molecule has 1 fully saturated rings. The number of nitrogens with one attached hydrogen (secondary N) is 1. The lowest BCUT2D eigenvalue weighted by Crippen LogP contribution is -2.43. The third kappa shape index (κ3) is 5.78. The summed E-state index contributed by atoms with van der Waals surface area (Å²) in [6, 6.07) is 6.18. The van der Waals surface area contributed by atoms with Crippen LogP contribution in [0.2, 0.25) is 0 Å². The molecule has 2 heterocycles. The lowest BCUT2D eigenvalue weighted by atomic mass is 10.1. The topological polar surface area (TPSA) is 140 Å². The smallest absolute Gasteiger partial charge is 0.410 e. The molecule has 0 spiro atoms. The first-order chi connectivity index (χ1) is 15.6. The summed E-state index contributed by atoms with van der Waals surface area (Å²) in [6.45, 7) is 5.94. The summed E-state index contributed by atoms with van der Waals surface area (Å²) in [5, 5.41) is 19.7. The second-order valence-electron chi connectivity index (χ2n) is 8.59. The highest BCUT2D eigenvalue weighted by molar-refractivity contribution is 5.90. The van der Waals surface area contributed by atoms with Crippen LogP contribution in [-0.4, -0.2) is 72.2 Å². The number of carbonyl (C=O) groups excluding carboxylic acids is 2. The van der Waals surface area contributed by atoms with Gasteiger partial charge in [-0.2, -0.15) is 5.26 Å². The molecular formula is C22H27N5O6. The first-order valence-electron chi connectivity index (χ1n) is 10.4. The Morgan fingerprint density at radius 2 is 2.06 bits per heavy atom. The average Bonchev–Trinajstić information content (AvgIpc) is 3.40. The zero-order chi connectivity index (χ0) is 24.2. The number of hydrogen-bond acceptors (Lipinski definition) is 9. The van der Waals surface area contributed by atoms with Crippen molar-refractivity contribution in [1.29, 1.82) is 5.26 Å². The first kappa shape index (κ1) is 24.0. The first-order valence-corrected chi connectivity index (χ1v) is 10.4. The van der Waals surface area contributed by atoms with Gasteiger partial charge in [-0.1, -0.05) is 0 Å². The van der Waals surface area contributed by atoms with Crippen molar-refractivity contribution in [2.45, 2.75) is 44.9 Å². The van der Waals surface area contributed by atoms with Gasteiger partial charge in [-0.25, -0.2) is 4.79 Å². The van der Waals surface area contributed by atoms with Gasteiger partial charge in [-0.15, -0.1) is 10.2 Å². The number of methoxy groups -OCH3 is 2. The lowest BCUT2D eigenvalue weighted by Gasteiger charge is -2.28. The molecule has 0 saturated carbocycles. The van der Waals surface area contributed by atoms with Gasteiger partial charge in [0.1, 0.15) is 11.4 Å². The van der Waals surface area contributed by atoms with E-state index in [4.69, 9.17) is 23.9 Å². The van der Waals surface area contributed by atoms with E-state index in [1.807, 2.05) is 6.07 Å². The zero-order valence-corrected chi connectivity index (χ0v) is 19.2. The molecule has 1 N–H and O–H groups in total. The van der Waals surface area contributed by atoms with E-state index in [9.17, 15) is 9.59 Å². The van der Waals surface area contributed by atoms with Crippen molar-refractivity contribution in [3.05, 3.63) is 29.7 Å². The van der Waals surface area contributed by atoms with Gasteiger partial charge in [0.25, 0.3) is 5.89 Å². The van der Waals surface area contributed by atoms with Crippen LogP contribution in [0, 0.1) is 11.3 Å². The number of carbonyl (C=O) groups is 2. The fourth-order valence-electron chi connectivity index (χ4n) is 3.53. The van der Waals surface area contributed by atoms with E-state index in [-0.39, 0.29) is 30.4 Å². The standard InChI is InChI=1S/C22H27N5O6/c1-22(2,3)33-21(29)27-11-14(9-15(27)12-30-4)24-18(28)20-26-25-19(32-20)16-8-13(10-23)6-7-17(16)31-5/h6-8,14-15H,9,11-12H2,1-5H3,(H,24,28). The molecule has 1 aliphatic heterocycles. The van der Waals surface area contributed by atoms with E-state index in [0.29, 0.717) is 29.9 Å². The Kier molecular flexibility index (Phi) is 7.18. The summed E-state index contributed by atoms with van der Waals surface area (Å²) in [6.07, 6.45) is 0.0172. The maximum absolute atomic E-state index is 12.7. The van der Waals surface area contributed by atoms with Crippen molar-refractivity contribution < 1.29 is 28.2 Å². The Hall–Kier alpha value is -3.65. The molecule has 11 heteroatoms. The van der Waals surface area contributed by atoms with Crippen molar-refractivity contribution in [3.63, 3.8) is 0 Å². The summed E-state index contributed by atoms with van der Waals surface area (Å²) in [5.74, 6) is -0.339. The number of hydrogen-bond donors (Lipinski definition) is 1. The van der Waals surface area contributed by atoms with Crippen molar-refractivity contribution in [2.75, 3.05) is 27.4 Å².